The number of ether oxygens (including phenoxy) is 1. The Morgan fingerprint density at radius 2 is 2.18 bits per heavy atom. The Labute approximate surface area is 103 Å². The van der Waals surface area contributed by atoms with Gasteiger partial charge in [-0.2, -0.15) is 13.2 Å². The minimum Gasteiger partial charge on any atom is -0.479 e. The van der Waals surface area contributed by atoms with E-state index in [0.717, 1.165) is 11.0 Å². The Balaban J connectivity index is 2.84. The summed E-state index contributed by atoms with van der Waals surface area (Å²) in [7, 11) is 1.37. The van der Waals surface area contributed by atoms with Crippen molar-refractivity contribution in [3.63, 3.8) is 0 Å². The third kappa shape index (κ3) is 3.62. The van der Waals surface area contributed by atoms with Crippen molar-refractivity contribution in [3.8, 4) is 0 Å². The standard InChI is InChI=1S/C8H8BrF3N2O3/c1-13-6(9)3-2-5(7(13)14(15)16)17-4-8(10,11)12/h2-3,7H,4H2,1H3. The second-order valence-electron chi connectivity index (χ2n) is 3.23. The van der Waals surface area contributed by atoms with Crippen molar-refractivity contribution in [2.24, 2.45) is 0 Å². The van der Waals surface area contributed by atoms with Crippen LogP contribution in [0.3, 0.4) is 0 Å². The lowest BCUT2D eigenvalue weighted by molar-refractivity contribution is -0.540. The molecule has 1 unspecified atom stereocenters. The Morgan fingerprint density at radius 3 is 2.65 bits per heavy atom. The van der Waals surface area contributed by atoms with E-state index in [0.29, 0.717) is 4.61 Å². The predicted octanol–water partition coefficient (Wildman–Crippen LogP) is 2.23. The van der Waals surface area contributed by atoms with Crippen molar-refractivity contribution in [2.75, 3.05) is 13.7 Å². The highest BCUT2D eigenvalue weighted by Gasteiger charge is 2.37. The maximum Gasteiger partial charge on any atom is 0.422 e. The number of likely N-dealkylation sites (N-methyl/N-ethyl adjacent to an activating group) is 1. The molecule has 96 valence electrons. The van der Waals surface area contributed by atoms with Gasteiger partial charge in [0.2, 0.25) is 0 Å². The van der Waals surface area contributed by atoms with Crippen molar-refractivity contribution < 1.29 is 22.8 Å². The second kappa shape index (κ2) is 4.94. The summed E-state index contributed by atoms with van der Waals surface area (Å²) in [4.78, 5) is 11.2. The summed E-state index contributed by atoms with van der Waals surface area (Å²) in [6.45, 7) is -1.55. The van der Waals surface area contributed by atoms with Gasteiger partial charge < -0.3 is 9.64 Å². The topological polar surface area (TPSA) is 55.6 Å². The summed E-state index contributed by atoms with van der Waals surface area (Å²) >= 11 is 3.04. The molecule has 0 fully saturated rings. The molecule has 0 aromatic heterocycles. The summed E-state index contributed by atoms with van der Waals surface area (Å²) in [6.07, 6.45) is -3.47. The van der Waals surface area contributed by atoms with Crippen LogP contribution in [0.15, 0.2) is 22.5 Å². The van der Waals surface area contributed by atoms with Gasteiger partial charge in [0.25, 0.3) is 0 Å². The van der Waals surface area contributed by atoms with Crippen molar-refractivity contribution in [1.82, 2.24) is 4.90 Å². The first-order valence-electron chi connectivity index (χ1n) is 4.35. The molecule has 9 heteroatoms. The van der Waals surface area contributed by atoms with Crippen LogP contribution in [0, 0.1) is 10.1 Å². The summed E-state index contributed by atoms with van der Waals surface area (Å²) in [6, 6.07) is 0. The summed E-state index contributed by atoms with van der Waals surface area (Å²) in [5.41, 5.74) is 0. The molecule has 1 aliphatic rings. The van der Waals surface area contributed by atoms with E-state index >= 15 is 0 Å². The summed E-state index contributed by atoms with van der Waals surface area (Å²) < 4.78 is 40.7. The number of halogens is 4. The zero-order chi connectivity index (χ0) is 13.2. The van der Waals surface area contributed by atoms with E-state index in [4.69, 9.17) is 0 Å². The van der Waals surface area contributed by atoms with Crippen LogP contribution in [0.4, 0.5) is 13.2 Å². The molecule has 0 amide bonds. The van der Waals surface area contributed by atoms with E-state index in [1.807, 2.05) is 0 Å². The molecule has 0 N–H and O–H groups in total. The third-order valence-corrected chi connectivity index (χ3v) is 2.77. The van der Waals surface area contributed by atoms with E-state index in [9.17, 15) is 23.3 Å². The highest BCUT2D eigenvalue weighted by molar-refractivity contribution is 9.11. The number of allylic oxidation sites excluding steroid dienone is 2. The molecule has 1 rings (SSSR count). The first-order chi connectivity index (χ1) is 7.72. The SMILES string of the molecule is CN1C(Br)=CC=C(OCC(F)(F)F)C1[N+](=O)[O-]. The number of nitro groups is 1. The summed E-state index contributed by atoms with van der Waals surface area (Å²) in [5, 5.41) is 10.8. The molecule has 0 saturated carbocycles. The Kier molecular flexibility index (Phi) is 4.02. The van der Waals surface area contributed by atoms with Gasteiger partial charge in [-0.3, -0.25) is 10.1 Å². The van der Waals surface area contributed by atoms with E-state index in [1.54, 1.807) is 0 Å². The number of alkyl halides is 3. The van der Waals surface area contributed by atoms with Gasteiger partial charge in [0.1, 0.15) is 0 Å². The van der Waals surface area contributed by atoms with Gasteiger partial charge in [-0.05, 0) is 28.1 Å². The van der Waals surface area contributed by atoms with Gasteiger partial charge in [-0.1, -0.05) is 0 Å². The smallest absolute Gasteiger partial charge is 0.422 e. The van der Waals surface area contributed by atoms with Crippen molar-refractivity contribution in [2.45, 2.75) is 12.3 Å². The van der Waals surface area contributed by atoms with Gasteiger partial charge in [0.15, 0.2) is 12.4 Å². The van der Waals surface area contributed by atoms with Gasteiger partial charge in [0.05, 0.1) is 9.53 Å². The van der Waals surface area contributed by atoms with Gasteiger partial charge >= 0.3 is 12.3 Å². The van der Waals surface area contributed by atoms with Crippen LogP contribution in [0.2, 0.25) is 0 Å². The molecule has 0 bridgehead atoms. The largest absolute Gasteiger partial charge is 0.479 e. The quantitative estimate of drug-likeness (QED) is 0.455. The molecule has 0 spiro atoms. The molecule has 0 radical (unpaired) electrons. The lowest BCUT2D eigenvalue weighted by atomic mass is 10.2. The van der Waals surface area contributed by atoms with Crippen LogP contribution in [-0.4, -0.2) is 35.8 Å². The van der Waals surface area contributed by atoms with Gasteiger partial charge in [0, 0.05) is 7.05 Å². The Morgan fingerprint density at radius 1 is 1.59 bits per heavy atom. The van der Waals surface area contributed by atoms with Crippen LogP contribution < -0.4 is 0 Å². The monoisotopic (exact) mass is 316 g/mol. The van der Waals surface area contributed by atoms with Crippen molar-refractivity contribution in [1.29, 1.82) is 0 Å². The molecule has 1 atom stereocenters. The minimum absolute atomic E-state index is 0.349. The van der Waals surface area contributed by atoms with E-state index in [1.165, 1.54) is 13.1 Å². The maximum atomic E-state index is 12.0. The molecule has 1 heterocycles. The number of hydrogen-bond acceptors (Lipinski definition) is 4. The molecule has 0 aromatic rings. The number of hydrogen-bond donors (Lipinski definition) is 0. The third-order valence-electron chi connectivity index (χ3n) is 1.95. The Bertz CT molecular complexity index is 381. The van der Waals surface area contributed by atoms with E-state index in [2.05, 4.69) is 20.7 Å². The molecular weight excluding hydrogens is 309 g/mol. The molecule has 5 nitrogen and oxygen atoms in total. The maximum absolute atomic E-state index is 12.0. The second-order valence-corrected chi connectivity index (χ2v) is 4.04. The molecule has 1 aliphatic heterocycles. The summed E-state index contributed by atoms with van der Waals surface area (Å²) in [5.74, 6) is -0.349. The van der Waals surface area contributed by atoms with Crippen LogP contribution in [0.5, 0.6) is 0 Å². The van der Waals surface area contributed by atoms with Crippen molar-refractivity contribution >= 4 is 15.9 Å². The molecule has 0 saturated heterocycles. The molecule has 17 heavy (non-hydrogen) atoms. The molecular formula is C8H8BrF3N2O3. The van der Waals surface area contributed by atoms with Crippen LogP contribution in [0.25, 0.3) is 0 Å². The van der Waals surface area contributed by atoms with E-state index in [-0.39, 0.29) is 5.76 Å². The van der Waals surface area contributed by atoms with Gasteiger partial charge in [-0.25, -0.2) is 0 Å². The fraction of sp³-hybridized carbons (Fsp3) is 0.500. The van der Waals surface area contributed by atoms with E-state index < -0.39 is 23.9 Å². The zero-order valence-electron chi connectivity index (χ0n) is 8.57. The number of rotatable bonds is 3. The first kappa shape index (κ1) is 13.8. The normalized spacial score (nSPS) is 20.8. The van der Waals surface area contributed by atoms with Gasteiger partial charge in [-0.15, -0.1) is 0 Å². The average molecular weight is 317 g/mol. The van der Waals surface area contributed by atoms with Crippen molar-refractivity contribution in [3.05, 3.63) is 32.6 Å². The molecule has 0 aromatic carbocycles. The average Bonchev–Trinajstić information content (AvgIpc) is 2.18. The van der Waals surface area contributed by atoms with Crippen LogP contribution >= 0.6 is 15.9 Å². The molecule has 0 aliphatic carbocycles. The van der Waals surface area contributed by atoms with Crippen LogP contribution in [-0.2, 0) is 4.74 Å². The lowest BCUT2D eigenvalue weighted by Gasteiger charge is -2.27. The first-order valence-corrected chi connectivity index (χ1v) is 5.15. The predicted molar refractivity (Wildman–Crippen MR) is 55.6 cm³/mol. The highest BCUT2D eigenvalue weighted by atomic mass is 79.9. The minimum atomic E-state index is -4.53. The number of nitrogens with zero attached hydrogens (tertiary/aromatic N) is 2. The Hall–Kier alpha value is -1.25. The lowest BCUT2D eigenvalue weighted by Crippen LogP contribution is -2.41. The fourth-order valence-electron chi connectivity index (χ4n) is 1.20. The fourth-order valence-corrected chi connectivity index (χ4v) is 1.52. The zero-order valence-corrected chi connectivity index (χ0v) is 10.2. The highest BCUT2D eigenvalue weighted by Crippen LogP contribution is 2.26. The van der Waals surface area contributed by atoms with Crippen LogP contribution in [0.1, 0.15) is 0 Å².